The number of nitrogen functional groups attached to an aromatic ring is 1. The van der Waals surface area contributed by atoms with Gasteiger partial charge >= 0.3 is 0 Å². The second-order valence-corrected chi connectivity index (χ2v) is 6.38. The summed E-state index contributed by atoms with van der Waals surface area (Å²) in [4.78, 5) is 14.3. The number of carbonyl (C=O) groups excluding carboxylic acids is 1. The van der Waals surface area contributed by atoms with Crippen molar-refractivity contribution < 1.29 is 4.79 Å². The van der Waals surface area contributed by atoms with Crippen molar-refractivity contribution in [3.05, 3.63) is 29.8 Å². The Balaban J connectivity index is 2.09. The minimum atomic E-state index is 0.105. The maximum absolute atomic E-state index is 12.4. The lowest BCUT2D eigenvalue weighted by molar-refractivity contribution is 0.0756. The van der Waals surface area contributed by atoms with Crippen LogP contribution < -0.4 is 5.73 Å². The molecule has 0 saturated carbocycles. The van der Waals surface area contributed by atoms with Crippen molar-refractivity contribution >= 4 is 23.4 Å². The lowest BCUT2D eigenvalue weighted by atomic mass is 10.1. The van der Waals surface area contributed by atoms with Gasteiger partial charge in [-0.1, -0.05) is 19.9 Å². The number of amides is 1. The van der Waals surface area contributed by atoms with Gasteiger partial charge in [0.2, 0.25) is 0 Å². The SMILES string of the molecule is CC(C)C1CN(C(=O)c2cccc(N)c2)CCS1. The van der Waals surface area contributed by atoms with E-state index in [1.807, 2.05) is 28.8 Å². The highest BCUT2D eigenvalue weighted by molar-refractivity contribution is 8.00. The molecule has 0 aliphatic carbocycles. The number of nitrogens with zero attached hydrogens (tertiary/aromatic N) is 1. The van der Waals surface area contributed by atoms with Crippen LogP contribution in [0.5, 0.6) is 0 Å². The first-order valence-electron chi connectivity index (χ1n) is 6.34. The van der Waals surface area contributed by atoms with Crippen LogP contribution in [0.2, 0.25) is 0 Å². The maximum Gasteiger partial charge on any atom is 0.253 e. The Hall–Kier alpha value is -1.16. The van der Waals surface area contributed by atoms with E-state index in [2.05, 4.69) is 13.8 Å². The Morgan fingerprint density at radius 2 is 2.28 bits per heavy atom. The van der Waals surface area contributed by atoms with E-state index in [4.69, 9.17) is 5.73 Å². The van der Waals surface area contributed by atoms with Crippen molar-refractivity contribution in [2.24, 2.45) is 5.92 Å². The first-order valence-corrected chi connectivity index (χ1v) is 7.39. The van der Waals surface area contributed by atoms with E-state index < -0.39 is 0 Å². The van der Waals surface area contributed by atoms with E-state index >= 15 is 0 Å². The van der Waals surface area contributed by atoms with Gasteiger partial charge in [0, 0.05) is 35.3 Å². The van der Waals surface area contributed by atoms with Gasteiger partial charge in [-0.05, 0) is 24.1 Å². The largest absolute Gasteiger partial charge is 0.399 e. The highest BCUT2D eigenvalue weighted by Gasteiger charge is 2.26. The molecule has 0 bridgehead atoms. The Kier molecular flexibility index (Phi) is 4.17. The van der Waals surface area contributed by atoms with Crippen LogP contribution in [0.1, 0.15) is 24.2 Å². The molecule has 1 unspecified atom stereocenters. The van der Waals surface area contributed by atoms with Crippen molar-refractivity contribution in [3.63, 3.8) is 0 Å². The Labute approximate surface area is 113 Å². The molecular weight excluding hydrogens is 244 g/mol. The molecule has 1 aliphatic rings. The summed E-state index contributed by atoms with van der Waals surface area (Å²) in [6, 6.07) is 7.24. The van der Waals surface area contributed by atoms with Gasteiger partial charge in [-0.2, -0.15) is 11.8 Å². The molecule has 3 nitrogen and oxygen atoms in total. The molecule has 1 aliphatic heterocycles. The van der Waals surface area contributed by atoms with Crippen LogP contribution in [0.4, 0.5) is 5.69 Å². The first kappa shape index (κ1) is 13.3. The molecule has 1 aromatic carbocycles. The van der Waals surface area contributed by atoms with Crippen LogP contribution in [0.15, 0.2) is 24.3 Å². The van der Waals surface area contributed by atoms with Crippen molar-refractivity contribution in [2.75, 3.05) is 24.6 Å². The van der Waals surface area contributed by atoms with Gasteiger partial charge in [0.25, 0.3) is 5.91 Å². The highest BCUT2D eigenvalue weighted by atomic mass is 32.2. The summed E-state index contributed by atoms with van der Waals surface area (Å²) in [6.45, 7) is 6.11. The summed E-state index contributed by atoms with van der Waals surface area (Å²) in [5, 5.41) is 0.545. The van der Waals surface area contributed by atoms with Crippen molar-refractivity contribution in [1.29, 1.82) is 0 Å². The number of rotatable bonds is 2. The fraction of sp³-hybridized carbons (Fsp3) is 0.500. The van der Waals surface area contributed by atoms with Gasteiger partial charge in [0.05, 0.1) is 0 Å². The quantitative estimate of drug-likeness (QED) is 0.835. The third-order valence-electron chi connectivity index (χ3n) is 3.26. The van der Waals surface area contributed by atoms with Crippen LogP contribution in [-0.2, 0) is 0 Å². The maximum atomic E-state index is 12.4. The number of thioether (sulfide) groups is 1. The first-order chi connectivity index (χ1) is 8.58. The third kappa shape index (κ3) is 2.99. The fourth-order valence-corrected chi connectivity index (χ4v) is 3.42. The van der Waals surface area contributed by atoms with Crippen LogP contribution in [0, 0.1) is 5.92 Å². The number of hydrogen-bond donors (Lipinski definition) is 1. The Bertz CT molecular complexity index is 434. The van der Waals surface area contributed by atoms with E-state index in [1.165, 1.54) is 0 Å². The second-order valence-electron chi connectivity index (χ2n) is 5.03. The molecule has 1 fully saturated rings. The molecular formula is C14H20N2OS. The lowest BCUT2D eigenvalue weighted by Gasteiger charge is -2.34. The molecule has 4 heteroatoms. The number of hydrogen-bond acceptors (Lipinski definition) is 3. The van der Waals surface area contributed by atoms with Crippen molar-refractivity contribution in [2.45, 2.75) is 19.1 Å². The summed E-state index contributed by atoms with van der Waals surface area (Å²) >= 11 is 1.97. The third-order valence-corrected chi connectivity index (χ3v) is 4.80. The molecule has 2 N–H and O–H groups in total. The predicted octanol–water partition coefficient (Wildman–Crippen LogP) is 2.48. The van der Waals surface area contributed by atoms with E-state index in [-0.39, 0.29) is 5.91 Å². The molecule has 1 atom stereocenters. The highest BCUT2D eigenvalue weighted by Crippen LogP contribution is 2.26. The summed E-state index contributed by atoms with van der Waals surface area (Å²) in [7, 11) is 0. The van der Waals surface area contributed by atoms with Gasteiger partial charge in [-0.3, -0.25) is 4.79 Å². The molecule has 1 aromatic rings. The standard InChI is InChI=1S/C14H20N2OS/c1-10(2)13-9-16(6-7-18-13)14(17)11-4-3-5-12(15)8-11/h3-5,8,10,13H,6-7,9,15H2,1-2H3. The smallest absolute Gasteiger partial charge is 0.253 e. The molecule has 1 heterocycles. The normalized spacial score (nSPS) is 20.2. The number of benzene rings is 1. The van der Waals surface area contributed by atoms with Crippen LogP contribution in [-0.4, -0.2) is 34.9 Å². The molecule has 1 saturated heterocycles. The zero-order valence-electron chi connectivity index (χ0n) is 10.9. The summed E-state index contributed by atoms with van der Waals surface area (Å²) < 4.78 is 0. The Morgan fingerprint density at radius 3 is 2.94 bits per heavy atom. The second kappa shape index (κ2) is 5.65. The summed E-state index contributed by atoms with van der Waals surface area (Å²) in [5.41, 5.74) is 7.07. The van der Waals surface area contributed by atoms with Crippen molar-refractivity contribution in [3.8, 4) is 0 Å². The molecule has 0 aromatic heterocycles. The van der Waals surface area contributed by atoms with E-state index in [0.29, 0.717) is 22.4 Å². The lowest BCUT2D eigenvalue weighted by Crippen LogP contribution is -2.43. The van der Waals surface area contributed by atoms with Gasteiger partial charge in [-0.25, -0.2) is 0 Å². The van der Waals surface area contributed by atoms with Crippen LogP contribution >= 0.6 is 11.8 Å². The number of anilines is 1. The zero-order valence-corrected chi connectivity index (χ0v) is 11.7. The minimum Gasteiger partial charge on any atom is -0.399 e. The van der Waals surface area contributed by atoms with Gasteiger partial charge in [-0.15, -0.1) is 0 Å². The molecule has 2 rings (SSSR count). The van der Waals surface area contributed by atoms with Gasteiger partial charge in [0.1, 0.15) is 0 Å². The van der Waals surface area contributed by atoms with E-state index in [0.717, 1.165) is 18.8 Å². The van der Waals surface area contributed by atoms with Gasteiger partial charge in [0.15, 0.2) is 0 Å². The average molecular weight is 264 g/mol. The predicted molar refractivity (Wildman–Crippen MR) is 77.8 cm³/mol. The number of carbonyl (C=O) groups is 1. The van der Waals surface area contributed by atoms with Gasteiger partial charge < -0.3 is 10.6 Å². The van der Waals surface area contributed by atoms with Crippen molar-refractivity contribution in [1.82, 2.24) is 4.90 Å². The molecule has 0 spiro atoms. The summed E-state index contributed by atoms with van der Waals surface area (Å²) in [6.07, 6.45) is 0. The van der Waals surface area contributed by atoms with E-state index in [1.54, 1.807) is 12.1 Å². The number of nitrogens with two attached hydrogens (primary N) is 1. The monoisotopic (exact) mass is 264 g/mol. The summed E-state index contributed by atoms with van der Waals surface area (Å²) in [5.74, 6) is 1.73. The molecule has 18 heavy (non-hydrogen) atoms. The molecule has 0 radical (unpaired) electrons. The topological polar surface area (TPSA) is 46.3 Å². The molecule has 98 valence electrons. The zero-order chi connectivity index (χ0) is 13.1. The van der Waals surface area contributed by atoms with E-state index in [9.17, 15) is 4.79 Å². The van der Waals surface area contributed by atoms with Crippen LogP contribution in [0.25, 0.3) is 0 Å². The Morgan fingerprint density at radius 1 is 1.50 bits per heavy atom. The minimum absolute atomic E-state index is 0.105. The average Bonchev–Trinajstić information content (AvgIpc) is 2.38. The molecule has 1 amide bonds. The fourth-order valence-electron chi connectivity index (χ4n) is 2.12. The van der Waals surface area contributed by atoms with Crippen LogP contribution in [0.3, 0.4) is 0 Å².